The molecule has 0 heterocycles. The van der Waals surface area contributed by atoms with E-state index in [9.17, 15) is 9.59 Å². The summed E-state index contributed by atoms with van der Waals surface area (Å²) in [7, 11) is 0. The number of aryl methyl sites for hydroxylation is 2. The topological polar surface area (TPSA) is 67.4 Å². The van der Waals surface area contributed by atoms with Crippen LogP contribution in [0.25, 0.3) is 0 Å². The quantitative estimate of drug-likeness (QED) is 0.768. The van der Waals surface area contributed by atoms with Gasteiger partial charge in [-0.05, 0) is 63.4 Å². The van der Waals surface area contributed by atoms with Crippen molar-refractivity contribution in [3.05, 3.63) is 59.2 Å². The van der Waals surface area contributed by atoms with Crippen LogP contribution < -0.4 is 15.4 Å². The first kappa shape index (κ1) is 20.5. The van der Waals surface area contributed by atoms with Crippen molar-refractivity contribution >= 4 is 17.5 Å². The van der Waals surface area contributed by atoms with Crippen molar-refractivity contribution in [1.82, 2.24) is 5.32 Å². The largest absolute Gasteiger partial charge is 0.481 e. The second-order valence-corrected chi connectivity index (χ2v) is 6.85. The Hall–Kier alpha value is -2.82. The van der Waals surface area contributed by atoms with Crippen LogP contribution in [0, 0.1) is 13.8 Å². The Balaban J connectivity index is 2.11. The molecule has 2 aromatic rings. The molecule has 0 aliphatic rings. The molecule has 0 unspecified atom stereocenters. The lowest BCUT2D eigenvalue weighted by atomic mass is 10.1. The van der Waals surface area contributed by atoms with Gasteiger partial charge in [0.1, 0.15) is 5.75 Å². The molecule has 0 saturated carbocycles. The number of carbonyl (C=O) groups is 2. The number of para-hydroxylation sites is 1. The third-order valence-corrected chi connectivity index (χ3v) is 4.44. The van der Waals surface area contributed by atoms with E-state index in [0.29, 0.717) is 17.0 Å². The summed E-state index contributed by atoms with van der Waals surface area (Å²) in [5.41, 5.74) is 2.94. The second-order valence-electron chi connectivity index (χ2n) is 6.85. The lowest BCUT2D eigenvalue weighted by Gasteiger charge is -2.18. The van der Waals surface area contributed by atoms with Crippen LogP contribution in [0.3, 0.4) is 0 Å². The van der Waals surface area contributed by atoms with Crippen LogP contribution in [0.4, 0.5) is 5.69 Å². The third kappa shape index (κ3) is 5.58. The summed E-state index contributed by atoms with van der Waals surface area (Å²) in [6.45, 7) is 9.56. The molecule has 0 saturated heterocycles. The van der Waals surface area contributed by atoms with Gasteiger partial charge in [-0.15, -0.1) is 0 Å². The number of rotatable bonds is 7. The summed E-state index contributed by atoms with van der Waals surface area (Å²) in [6, 6.07) is 12.9. The molecular formula is C22H28N2O3. The SMILES string of the molecule is CC[C@@H](C)NC(=O)c1ccccc1NC(=O)[C@H](C)Oc1cc(C)ccc1C. The summed E-state index contributed by atoms with van der Waals surface area (Å²) in [5.74, 6) is 0.170. The molecule has 5 nitrogen and oxygen atoms in total. The summed E-state index contributed by atoms with van der Waals surface area (Å²) >= 11 is 0. The molecule has 0 spiro atoms. The number of benzene rings is 2. The molecule has 0 aliphatic carbocycles. The van der Waals surface area contributed by atoms with Crippen LogP contribution in [0.15, 0.2) is 42.5 Å². The fourth-order valence-electron chi connectivity index (χ4n) is 2.51. The monoisotopic (exact) mass is 368 g/mol. The first-order valence-electron chi connectivity index (χ1n) is 9.26. The summed E-state index contributed by atoms with van der Waals surface area (Å²) in [4.78, 5) is 25.1. The molecule has 2 rings (SSSR count). The molecule has 2 atom stereocenters. The van der Waals surface area contributed by atoms with Gasteiger partial charge in [0.15, 0.2) is 6.10 Å². The van der Waals surface area contributed by atoms with Gasteiger partial charge >= 0.3 is 0 Å². The number of hydrogen-bond donors (Lipinski definition) is 2. The zero-order valence-electron chi connectivity index (χ0n) is 16.6. The van der Waals surface area contributed by atoms with E-state index >= 15 is 0 Å². The van der Waals surface area contributed by atoms with E-state index in [2.05, 4.69) is 10.6 Å². The van der Waals surface area contributed by atoms with Gasteiger partial charge in [-0.25, -0.2) is 0 Å². The van der Waals surface area contributed by atoms with Crippen LogP contribution in [-0.2, 0) is 4.79 Å². The van der Waals surface area contributed by atoms with Crippen molar-refractivity contribution in [2.45, 2.75) is 53.2 Å². The normalized spacial score (nSPS) is 12.8. The van der Waals surface area contributed by atoms with E-state index in [4.69, 9.17) is 4.74 Å². The number of carbonyl (C=O) groups excluding carboxylic acids is 2. The zero-order chi connectivity index (χ0) is 20.0. The Kier molecular flexibility index (Phi) is 6.99. The molecule has 0 radical (unpaired) electrons. The zero-order valence-corrected chi connectivity index (χ0v) is 16.6. The Morgan fingerprint density at radius 3 is 2.48 bits per heavy atom. The molecular weight excluding hydrogens is 340 g/mol. The smallest absolute Gasteiger partial charge is 0.265 e. The predicted octanol–water partition coefficient (Wildman–Crippen LogP) is 4.24. The summed E-state index contributed by atoms with van der Waals surface area (Å²) < 4.78 is 5.83. The average molecular weight is 368 g/mol. The highest BCUT2D eigenvalue weighted by Crippen LogP contribution is 2.21. The maximum absolute atomic E-state index is 12.6. The lowest BCUT2D eigenvalue weighted by Crippen LogP contribution is -2.34. The molecule has 2 aromatic carbocycles. The van der Waals surface area contributed by atoms with Crippen molar-refractivity contribution in [3.8, 4) is 5.75 Å². The highest BCUT2D eigenvalue weighted by atomic mass is 16.5. The molecule has 2 N–H and O–H groups in total. The Morgan fingerprint density at radius 2 is 1.78 bits per heavy atom. The minimum absolute atomic E-state index is 0.0628. The Labute approximate surface area is 161 Å². The van der Waals surface area contributed by atoms with Crippen molar-refractivity contribution in [1.29, 1.82) is 0 Å². The van der Waals surface area contributed by atoms with Gasteiger partial charge in [-0.1, -0.05) is 31.2 Å². The first-order valence-corrected chi connectivity index (χ1v) is 9.26. The van der Waals surface area contributed by atoms with Gasteiger partial charge in [0.25, 0.3) is 11.8 Å². The molecule has 144 valence electrons. The van der Waals surface area contributed by atoms with Crippen molar-refractivity contribution < 1.29 is 14.3 Å². The average Bonchev–Trinajstić information content (AvgIpc) is 2.64. The molecule has 27 heavy (non-hydrogen) atoms. The maximum atomic E-state index is 12.6. The van der Waals surface area contributed by atoms with E-state index in [1.165, 1.54) is 0 Å². The molecule has 0 aromatic heterocycles. The third-order valence-electron chi connectivity index (χ3n) is 4.44. The van der Waals surface area contributed by atoms with Gasteiger partial charge in [-0.3, -0.25) is 9.59 Å². The first-order chi connectivity index (χ1) is 12.8. The molecule has 5 heteroatoms. The van der Waals surface area contributed by atoms with Crippen LogP contribution in [-0.4, -0.2) is 24.0 Å². The van der Waals surface area contributed by atoms with Crippen molar-refractivity contribution in [2.24, 2.45) is 0 Å². The van der Waals surface area contributed by atoms with Gasteiger partial charge < -0.3 is 15.4 Å². The highest BCUT2D eigenvalue weighted by Gasteiger charge is 2.19. The van der Waals surface area contributed by atoms with E-state index in [-0.39, 0.29) is 17.9 Å². The predicted molar refractivity (Wildman–Crippen MR) is 108 cm³/mol. The molecule has 0 bridgehead atoms. The number of hydrogen-bond acceptors (Lipinski definition) is 3. The maximum Gasteiger partial charge on any atom is 0.265 e. The van der Waals surface area contributed by atoms with Crippen LogP contribution in [0.5, 0.6) is 5.75 Å². The van der Waals surface area contributed by atoms with Gasteiger partial charge in [-0.2, -0.15) is 0 Å². The van der Waals surface area contributed by atoms with Crippen LogP contribution >= 0.6 is 0 Å². The van der Waals surface area contributed by atoms with Crippen LogP contribution in [0.1, 0.15) is 48.7 Å². The minimum atomic E-state index is -0.698. The van der Waals surface area contributed by atoms with Crippen molar-refractivity contribution in [3.63, 3.8) is 0 Å². The molecule has 0 fully saturated rings. The number of amides is 2. The van der Waals surface area contributed by atoms with Gasteiger partial charge in [0.2, 0.25) is 0 Å². The van der Waals surface area contributed by atoms with Gasteiger partial charge in [0.05, 0.1) is 11.3 Å². The highest BCUT2D eigenvalue weighted by molar-refractivity contribution is 6.04. The number of anilines is 1. The van der Waals surface area contributed by atoms with E-state index in [1.54, 1.807) is 31.2 Å². The molecule has 0 aliphatic heterocycles. The number of nitrogens with one attached hydrogen (secondary N) is 2. The standard InChI is InChI=1S/C22H28N2O3/c1-6-16(4)23-22(26)18-9-7-8-10-19(18)24-21(25)17(5)27-20-13-14(2)11-12-15(20)3/h7-13,16-17H,6H2,1-5H3,(H,23,26)(H,24,25)/t16-,17+/m1/s1. The Morgan fingerprint density at radius 1 is 1.07 bits per heavy atom. The minimum Gasteiger partial charge on any atom is -0.481 e. The second kappa shape index (κ2) is 9.21. The van der Waals surface area contributed by atoms with E-state index in [1.807, 2.05) is 45.9 Å². The summed E-state index contributed by atoms with van der Waals surface area (Å²) in [5, 5.41) is 5.73. The Bertz CT molecular complexity index is 817. The fraction of sp³-hybridized carbons (Fsp3) is 0.364. The number of ether oxygens (including phenoxy) is 1. The summed E-state index contributed by atoms with van der Waals surface area (Å²) in [6.07, 6.45) is 0.136. The fourth-order valence-corrected chi connectivity index (χ4v) is 2.51. The lowest BCUT2D eigenvalue weighted by molar-refractivity contribution is -0.122. The van der Waals surface area contributed by atoms with Gasteiger partial charge in [0, 0.05) is 6.04 Å². The van der Waals surface area contributed by atoms with Crippen molar-refractivity contribution in [2.75, 3.05) is 5.32 Å². The van der Waals surface area contributed by atoms with E-state index in [0.717, 1.165) is 17.5 Å². The molecule has 2 amide bonds. The van der Waals surface area contributed by atoms with E-state index < -0.39 is 6.10 Å². The van der Waals surface area contributed by atoms with Crippen LogP contribution in [0.2, 0.25) is 0 Å².